The van der Waals surface area contributed by atoms with E-state index in [0.29, 0.717) is 104 Å². The Morgan fingerprint density at radius 1 is 0.566 bits per heavy atom. The summed E-state index contributed by atoms with van der Waals surface area (Å²) in [6.45, 7) is 16.1. The zero-order chi connectivity index (χ0) is 86.9. The quantitative estimate of drug-likeness (QED) is 0.0403. The number of amides is 1. The van der Waals surface area contributed by atoms with Crippen molar-refractivity contribution in [2.75, 3.05) is 101 Å². The van der Waals surface area contributed by atoms with E-state index in [0.717, 1.165) is 138 Å². The van der Waals surface area contributed by atoms with Gasteiger partial charge in [0.05, 0.1) is 51.1 Å². The molecule has 1 aliphatic carbocycles. The molecule has 0 radical (unpaired) electrons. The van der Waals surface area contributed by atoms with Crippen LogP contribution in [-0.4, -0.2) is 136 Å². The molecule has 0 saturated carbocycles. The third-order valence-corrected chi connectivity index (χ3v) is 21.8. The number of halogens is 9. The van der Waals surface area contributed by atoms with Gasteiger partial charge in [-0.2, -0.15) is 39.5 Å². The van der Waals surface area contributed by atoms with Crippen molar-refractivity contribution < 1.29 is 53.9 Å². The van der Waals surface area contributed by atoms with Crippen LogP contribution >= 0.6 is 0 Å². The minimum atomic E-state index is -4.63. The maximum atomic E-state index is 14.1. The number of nitrogens with zero attached hydrogens (tertiary/aromatic N) is 10. The van der Waals surface area contributed by atoms with E-state index >= 15 is 0 Å². The average molecular weight is 1660 g/mol. The van der Waals surface area contributed by atoms with Crippen molar-refractivity contribution in [2.24, 2.45) is 10.9 Å². The maximum Gasteiger partial charge on any atom is 0.416 e. The molecule has 26 heteroatoms. The number of fused-ring (bicyclic) bond motifs is 3. The number of imidazole rings is 1. The van der Waals surface area contributed by atoms with Gasteiger partial charge < -0.3 is 41.4 Å². The van der Waals surface area contributed by atoms with Gasteiger partial charge in [0.25, 0.3) is 5.91 Å². The van der Waals surface area contributed by atoms with E-state index in [-0.39, 0.29) is 47.8 Å². The standard InChI is InChI=1S/C33H34F3N5O.C33H33F3N4O.C30H22F3N5O/c1-4-40-13-15-41(16-14-40)21-27-8-6-23(17-29(27)33(34,35)36)18-30(42)25-7-5-22(2)24(19-25)9-10-26-20-39-32(37-3)28-11-12-38-31(26)28;1-21-7-8-25(16-24(21)9-10-26-18-38-32(37)30-6-4-5-29(26)30)31(41)15-23-13-27(33(34,35)36)17-28(14-23)40-12-11-22(20-40)19-39(2)3;1-18-7-10-24(12-20(18)8-9-21-15-35-28(34)27-6-4-3-5-26(21)27)37-29(39)22-11-23(30(31,32)33)14-25(13-22)38-16-19(2)36-17-38/h5-8,12,17,19-20H,4,11,13-16,18,21H2,1-3H3,(H,37,39);4-5,7-8,13-14,16-18,22H,6,11-12,15,19-20H2,1-3H3,(H2,37,38);3-7,10-17H,1-2H3,(H2,34,35)(H,37,39)/t;22-;/m.0./s1. The van der Waals surface area contributed by atoms with Crippen LogP contribution in [0.4, 0.5) is 74.0 Å². The van der Waals surface area contributed by atoms with Crippen LogP contribution < -0.4 is 27.0 Å². The van der Waals surface area contributed by atoms with Crippen molar-refractivity contribution in [1.29, 1.82) is 0 Å². The molecule has 122 heavy (non-hydrogen) atoms. The van der Waals surface area contributed by atoms with Gasteiger partial charge in [0.15, 0.2) is 11.6 Å². The Morgan fingerprint density at radius 3 is 1.81 bits per heavy atom. The number of nitrogens with two attached hydrogens (primary N) is 2. The van der Waals surface area contributed by atoms with Gasteiger partial charge in [0, 0.05) is 182 Å². The number of aryl methyl sites for hydroxylation is 4. The number of pyridine rings is 3. The van der Waals surface area contributed by atoms with Gasteiger partial charge in [0.1, 0.15) is 17.5 Å². The van der Waals surface area contributed by atoms with Gasteiger partial charge in [-0.05, 0) is 173 Å². The summed E-state index contributed by atoms with van der Waals surface area (Å²) in [5.74, 6) is 19.7. The molecule has 1 atom stereocenters. The molecule has 0 unspecified atom stereocenters. The SMILES string of the molecule is CCN1CCN(Cc2ccc(CC(=O)c3ccc(C)c(C#Cc4cnc(NC)c5c4N=CC5)c3)cc2C(F)(F)F)CC1.Cc1ccc(C(=O)Cc2cc(N3CC[C@@H](CN(C)C)C3)cc(C(F)(F)F)c2)cc1C#Cc1cnc(N)c2c1C=CC2.Cc1cn(-c2cc(C(=O)Nc3ccc(C)c(C#Cc4cnc(N)c5ccccc45)c3)cc(C(F)(F)F)c2)cn1. The second kappa shape index (κ2) is 37.2. The molecule has 17 nitrogen and oxygen atoms in total. The molecule has 6 N–H and O–H groups in total. The largest absolute Gasteiger partial charge is 0.416 e. The Labute approximate surface area is 702 Å². The first kappa shape index (κ1) is 86.7. The highest BCUT2D eigenvalue weighted by Gasteiger charge is 2.37. The first-order valence-electron chi connectivity index (χ1n) is 39.7. The number of aromatic nitrogens is 5. The molecule has 7 heterocycles. The Morgan fingerprint density at radius 2 is 1.16 bits per heavy atom. The number of anilines is 5. The van der Waals surface area contributed by atoms with Gasteiger partial charge in [-0.15, -0.1) is 0 Å². The number of benzene rings is 7. The minimum Gasteiger partial charge on any atom is -0.383 e. The van der Waals surface area contributed by atoms with Crippen molar-refractivity contribution in [3.05, 3.63) is 293 Å². The molecule has 0 spiro atoms. The van der Waals surface area contributed by atoms with Crippen LogP contribution in [0, 0.1) is 69.1 Å². The number of Topliss-reactive ketones (excluding diaryl/α,β-unsaturated/α-hetero) is 2. The summed E-state index contributed by atoms with van der Waals surface area (Å²) >= 11 is 0. The number of ketones is 2. The van der Waals surface area contributed by atoms with Crippen molar-refractivity contribution >= 4 is 75.1 Å². The van der Waals surface area contributed by atoms with Gasteiger partial charge in [-0.1, -0.05) is 121 Å². The lowest BCUT2D eigenvalue weighted by atomic mass is 9.96. The van der Waals surface area contributed by atoms with E-state index in [2.05, 4.69) is 92.7 Å². The van der Waals surface area contributed by atoms with Crippen LogP contribution in [0.1, 0.15) is 150 Å². The monoisotopic (exact) mass is 1660 g/mol. The van der Waals surface area contributed by atoms with Gasteiger partial charge in [0.2, 0.25) is 0 Å². The van der Waals surface area contributed by atoms with Crippen LogP contribution in [0.25, 0.3) is 22.5 Å². The Kier molecular flexibility index (Phi) is 26.4. The number of alkyl halides is 9. The first-order chi connectivity index (χ1) is 58.2. The summed E-state index contributed by atoms with van der Waals surface area (Å²) in [4.78, 5) is 69.5. The summed E-state index contributed by atoms with van der Waals surface area (Å²) in [6, 6.07) is 34.6. The number of nitrogen functional groups attached to an aromatic ring is 2. The highest BCUT2D eigenvalue weighted by Crippen LogP contribution is 2.39. The normalized spacial score (nSPS) is 14.3. The number of carbonyl (C=O) groups is 3. The van der Waals surface area contributed by atoms with Gasteiger partial charge in [-0.3, -0.25) is 24.3 Å². The summed E-state index contributed by atoms with van der Waals surface area (Å²) in [7, 11) is 5.81. The number of nitrogens with one attached hydrogen (secondary N) is 2. The van der Waals surface area contributed by atoms with E-state index in [9.17, 15) is 53.9 Å². The van der Waals surface area contributed by atoms with Crippen molar-refractivity contribution in [1.82, 2.24) is 39.2 Å². The molecular weight excluding hydrogens is 1570 g/mol. The zero-order valence-electron chi connectivity index (χ0n) is 68.6. The average Bonchev–Trinajstić information content (AvgIpc) is 1.82. The molecule has 624 valence electrons. The van der Waals surface area contributed by atoms with Gasteiger partial charge >= 0.3 is 18.5 Å². The third-order valence-electron chi connectivity index (χ3n) is 21.8. The fraction of sp³-hybridized carbons (Fsp3) is 0.271. The fourth-order valence-electron chi connectivity index (χ4n) is 15.1. The lowest BCUT2D eigenvalue weighted by Crippen LogP contribution is -2.45. The lowest BCUT2D eigenvalue weighted by Gasteiger charge is -2.34. The number of carbonyl (C=O) groups excluding carboxylic acids is 3. The van der Waals surface area contributed by atoms with E-state index in [1.807, 2.05) is 102 Å². The lowest BCUT2D eigenvalue weighted by molar-refractivity contribution is -0.139. The molecule has 11 aromatic rings. The topological polar surface area (TPSA) is 209 Å². The number of piperazine rings is 1. The number of hydrogen-bond acceptors (Lipinski definition) is 15. The number of aliphatic imine (C=N–C) groups is 1. The Bertz CT molecular complexity index is 6120. The van der Waals surface area contributed by atoms with Gasteiger partial charge in [-0.25, -0.2) is 19.9 Å². The van der Waals surface area contributed by atoms with E-state index in [1.54, 1.807) is 86.3 Å². The van der Waals surface area contributed by atoms with Crippen LogP contribution in [0.2, 0.25) is 0 Å². The molecular formula is C96H89F9N14O3. The zero-order valence-corrected chi connectivity index (χ0v) is 68.6. The summed E-state index contributed by atoms with van der Waals surface area (Å²) < 4.78 is 126. The smallest absolute Gasteiger partial charge is 0.383 e. The predicted octanol–water partition coefficient (Wildman–Crippen LogP) is 17.7. The molecule has 7 aromatic carbocycles. The van der Waals surface area contributed by atoms with E-state index < -0.39 is 41.1 Å². The maximum absolute atomic E-state index is 14.1. The van der Waals surface area contributed by atoms with Crippen molar-refractivity contribution in [2.45, 2.75) is 91.8 Å². The second-order valence-electron chi connectivity index (χ2n) is 30.9. The number of hydrogen-bond donors (Lipinski definition) is 4. The Hall–Kier alpha value is -13.2. The summed E-state index contributed by atoms with van der Waals surface area (Å²) in [5.41, 5.74) is 23.4. The number of allylic oxidation sites excluding steroid dienone is 1. The fourth-order valence-corrected chi connectivity index (χ4v) is 15.1. The molecule has 1 amide bonds. The summed E-state index contributed by atoms with van der Waals surface area (Å²) in [6.07, 6.45) is 2.16. The van der Waals surface area contributed by atoms with E-state index in [4.69, 9.17) is 11.5 Å². The third kappa shape index (κ3) is 21.1. The summed E-state index contributed by atoms with van der Waals surface area (Å²) in [5, 5.41) is 7.43. The second-order valence-corrected chi connectivity index (χ2v) is 30.9. The van der Waals surface area contributed by atoms with Crippen LogP contribution in [0.3, 0.4) is 0 Å². The highest BCUT2D eigenvalue weighted by molar-refractivity contribution is 6.05. The minimum absolute atomic E-state index is 0.133. The molecule has 4 aromatic heterocycles. The Balaban J connectivity index is 0.000000158. The molecule has 0 bridgehead atoms. The van der Waals surface area contributed by atoms with Crippen LogP contribution in [-0.2, 0) is 50.8 Å². The molecule has 4 aliphatic rings. The highest BCUT2D eigenvalue weighted by atomic mass is 19.4. The molecule has 15 rings (SSSR count). The van der Waals surface area contributed by atoms with Crippen LogP contribution in [0.15, 0.2) is 176 Å². The molecule has 3 aliphatic heterocycles. The van der Waals surface area contributed by atoms with Crippen LogP contribution in [0.5, 0.6) is 0 Å². The number of rotatable bonds is 16. The predicted molar refractivity (Wildman–Crippen MR) is 461 cm³/mol. The van der Waals surface area contributed by atoms with E-state index in [1.165, 1.54) is 29.1 Å². The molecule has 2 saturated heterocycles. The number of likely N-dealkylation sites (N-methyl/N-ethyl adjacent to an activating group) is 1. The molecule has 2 fully saturated rings. The first-order valence-corrected chi connectivity index (χ1v) is 39.7. The van der Waals surface area contributed by atoms with Crippen molar-refractivity contribution in [3.8, 4) is 41.2 Å². The van der Waals surface area contributed by atoms with Crippen molar-refractivity contribution in [3.63, 3.8) is 0 Å².